The summed E-state index contributed by atoms with van der Waals surface area (Å²) in [6.07, 6.45) is 11.5. The van der Waals surface area contributed by atoms with Crippen LogP contribution < -0.4 is 5.32 Å². The lowest BCUT2D eigenvalue weighted by Gasteiger charge is -2.41. The van der Waals surface area contributed by atoms with Gasteiger partial charge in [-0.15, -0.1) is 0 Å². The third-order valence-electron chi connectivity index (χ3n) is 11.2. The number of likely N-dealkylation sites (tertiary alicyclic amines) is 1. The Morgan fingerprint density at radius 2 is 1.53 bits per heavy atom. The first-order valence-electron chi connectivity index (χ1n) is 18.3. The van der Waals surface area contributed by atoms with Crippen LogP contribution in [0.25, 0.3) is 0 Å². The maximum atomic E-state index is 14.0. The predicted octanol–water partition coefficient (Wildman–Crippen LogP) is 7.53. The van der Waals surface area contributed by atoms with Crippen LogP contribution in [0.15, 0.2) is 45.3 Å². The summed E-state index contributed by atoms with van der Waals surface area (Å²) >= 11 is 6.80. The van der Waals surface area contributed by atoms with Crippen LogP contribution in [0.3, 0.4) is 0 Å². The number of piperazine rings is 1. The van der Waals surface area contributed by atoms with E-state index in [-0.39, 0.29) is 24.0 Å². The van der Waals surface area contributed by atoms with Crippen molar-refractivity contribution in [1.82, 2.24) is 14.7 Å². The second-order valence-corrected chi connectivity index (χ2v) is 16.2. The van der Waals surface area contributed by atoms with Crippen LogP contribution in [-0.4, -0.2) is 89.1 Å². The van der Waals surface area contributed by atoms with E-state index in [2.05, 4.69) is 48.1 Å². The van der Waals surface area contributed by atoms with E-state index < -0.39 is 12.2 Å². The number of hydrogen-bond acceptors (Lipinski definition) is 6. The molecule has 6 rings (SSSR count). The largest absolute Gasteiger partial charge is 0.506 e. The molecule has 1 unspecified atom stereocenters. The number of fused-ring (bicyclic) bond motifs is 1. The van der Waals surface area contributed by atoms with Crippen molar-refractivity contribution in [1.29, 1.82) is 0 Å². The van der Waals surface area contributed by atoms with Gasteiger partial charge in [-0.2, -0.15) is 0 Å². The molecule has 0 spiro atoms. The van der Waals surface area contributed by atoms with Crippen LogP contribution in [0.4, 0.5) is 10.5 Å². The number of halogens is 2. The van der Waals surface area contributed by atoms with Gasteiger partial charge in [0.2, 0.25) is 5.91 Å². The average molecular weight is 803 g/mol. The highest BCUT2D eigenvalue weighted by Crippen LogP contribution is 2.35. The molecule has 49 heavy (non-hydrogen) atoms. The second kappa shape index (κ2) is 17.1. The number of carbonyl (C=O) groups is 3. The molecule has 1 saturated carbocycles. The fourth-order valence-corrected chi connectivity index (χ4v) is 9.47. The topological polar surface area (TPSA) is 102 Å². The molecule has 4 aliphatic rings. The van der Waals surface area contributed by atoms with Crippen LogP contribution in [0.5, 0.6) is 5.75 Å². The lowest BCUT2D eigenvalue weighted by molar-refractivity contribution is -0.143. The molecule has 266 valence electrons. The van der Waals surface area contributed by atoms with Gasteiger partial charge in [-0.05, 0) is 118 Å². The van der Waals surface area contributed by atoms with Gasteiger partial charge in [0.05, 0.1) is 8.95 Å². The zero-order valence-corrected chi connectivity index (χ0v) is 31.6. The summed E-state index contributed by atoms with van der Waals surface area (Å²) in [4.78, 5) is 46.3. The Morgan fingerprint density at radius 3 is 2.24 bits per heavy atom. The monoisotopic (exact) mass is 800 g/mol. The zero-order valence-electron chi connectivity index (χ0n) is 28.4. The van der Waals surface area contributed by atoms with E-state index in [1.165, 1.54) is 37.7 Å². The molecule has 0 radical (unpaired) electrons. The summed E-state index contributed by atoms with van der Waals surface area (Å²) < 4.78 is 7.10. The van der Waals surface area contributed by atoms with Gasteiger partial charge in [-0.1, -0.05) is 43.9 Å². The summed E-state index contributed by atoms with van der Waals surface area (Å²) in [5, 5.41) is 13.3. The Hall–Kier alpha value is -2.63. The van der Waals surface area contributed by atoms with Gasteiger partial charge in [0.25, 0.3) is 5.91 Å². The summed E-state index contributed by atoms with van der Waals surface area (Å²) in [5.74, 6) is 0.880. The van der Waals surface area contributed by atoms with Crippen molar-refractivity contribution in [3.8, 4) is 5.75 Å². The smallest absolute Gasteiger partial charge is 0.410 e. The van der Waals surface area contributed by atoms with E-state index in [9.17, 15) is 19.5 Å². The van der Waals surface area contributed by atoms with Crippen LogP contribution in [-0.2, 0) is 27.2 Å². The molecule has 3 aliphatic heterocycles. The van der Waals surface area contributed by atoms with E-state index in [1.807, 2.05) is 23.1 Å². The first-order chi connectivity index (χ1) is 23.7. The third-order valence-corrected chi connectivity index (χ3v) is 12.4. The molecule has 2 saturated heterocycles. The van der Waals surface area contributed by atoms with Crippen molar-refractivity contribution in [3.05, 3.63) is 56.5 Å². The first kappa shape index (κ1) is 36.2. The molecule has 9 nitrogen and oxygen atoms in total. The molecule has 0 aromatic heterocycles. The zero-order chi connectivity index (χ0) is 34.3. The first-order valence-corrected chi connectivity index (χ1v) is 19.8. The summed E-state index contributed by atoms with van der Waals surface area (Å²) in [5.41, 5.74) is 2.93. The lowest BCUT2D eigenvalue weighted by Crippen LogP contribution is -2.55. The average Bonchev–Trinajstić information content (AvgIpc) is 3.11. The quantitative estimate of drug-likeness (QED) is 0.287. The number of amides is 3. The molecule has 1 aliphatic carbocycles. The number of aryl methyl sites for hydroxylation is 1. The highest BCUT2D eigenvalue weighted by Gasteiger charge is 2.35. The number of phenolic OH excluding ortho intramolecular Hbond substituents is 1. The minimum atomic E-state index is -0.953. The van der Waals surface area contributed by atoms with Crippen molar-refractivity contribution in [2.75, 3.05) is 44.6 Å². The van der Waals surface area contributed by atoms with E-state index in [1.54, 1.807) is 17.0 Å². The highest BCUT2D eigenvalue weighted by atomic mass is 79.9. The number of rotatable bonds is 8. The van der Waals surface area contributed by atoms with Gasteiger partial charge in [0.1, 0.15) is 5.75 Å². The lowest BCUT2D eigenvalue weighted by atomic mass is 9.84. The molecule has 3 fully saturated rings. The number of nitrogens with one attached hydrogen (secondary N) is 1. The second-order valence-electron chi connectivity index (χ2n) is 14.5. The van der Waals surface area contributed by atoms with Gasteiger partial charge >= 0.3 is 6.09 Å². The number of ether oxygens (including phenoxy) is 1. The maximum absolute atomic E-state index is 14.0. The minimum absolute atomic E-state index is 0.0912. The number of anilines is 1. The van der Waals surface area contributed by atoms with Crippen LogP contribution >= 0.6 is 31.9 Å². The van der Waals surface area contributed by atoms with Gasteiger partial charge in [-0.25, -0.2) is 4.79 Å². The molecule has 11 heteroatoms. The SMILES string of the molecule is O=C1CC(CCC2CCN(C(=O)O[C@H](Cc3cc(Br)c(O)c(Br)c3)C(=O)N3CCN(C4CCCCC4)CC3)CC2)CCc2ccccc2N1. The number of aromatic hydroxyl groups is 1. The fraction of sp³-hybridized carbons (Fsp3) is 0.605. The van der Waals surface area contributed by atoms with Crippen LogP contribution in [0.1, 0.15) is 81.8 Å². The number of piperidine rings is 1. The fourth-order valence-electron chi connectivity index (χ4n) is 8.19. The Labute approximate surface area is 307 Å². The molecule has 3 amide bonds. The van der Waals surface area contributed by atoms with Crippen molar-refractivity contribution in [2.45, 2.75) is 95.6 Å². The third kappa shape index (κ3) is 9.58. The summed E-state index contributed by atoms with van der Waals surface area (Å²) in [6, 6.07) is 12.2. The van der Waals surface area contributed by atoms with Crippen molar-refractivity contribution in [3.63, 3.8) is 0 Å². The Balaban J connectivity index is 1.02. The van der Waals surface area contributed by atoms with Crippen molar-refractivity contribution in [2.24, 2.45) is 11.8 Å². The van der Waals surface area contributed by atoms with Gasteiger partial charge in [0.15, 0.2) is 6.10 Å². The van der Waals surface area contributed by atoms with E-state index in [4.69, 9.17) is 4.74 Å². The number of para-hydroxylation sites is 1. The van der Waals surface area contributed by atoms with Gasteiger partial charge in [-0.3, -0.25) is 14.5 Å². The number of nitrogens with zero attached hydrogens (tertiary/aromatic N) is 3. The molecule has 2 aromatic carbocycles. The number of carbonyl (C=O) groups excluding carboxylic acids is 3. The van der Waals surface area contributed by atoms with Crippen LogP contribution in [0.2, 0.25) is 0 Å². The van der Waals surface area contributed by atoms with E-state index in [0.717, 1.165) is 62.9 Å². The predicted molar refractivity (Wildman–Crippen MR) is 198 cm³/mol. The minimum Gasteiger partial charge on any atom is -0.506 e. The van der Waals surface area contributed by atoms with E-state index in [0.29, 0.717) is 59.4 Å². The Bertz CT molecular complexity index is 1440. The van der Waals surface area contributed by atoms with Crippen molar-refractivity contribution < 1.29 is 24.2 Å². The number of benzene rings is 2. The molecule has 3 heterocycles. The van der Waals surface area contributed by atoms with Crippen molar-refractivity contribution >= 4 is 55.5 Å². The molecular formula is C38H50Br2N4O5. The molecule has 0 bridgehead atoms. The highest BCUT2D eigenvalue weighted by molar-refractivity contribution is 9.11. The maximum Gasteiger partial charge on any atom is 0.410 e. The molecule has 2 aromatic rings. The van der Waals surface area contributed by atoms with Gasteiger partial charge in [0, 0.05) is 63.8 Å². The van der Waals surface area contributed by atoms with Gasteiger partial charge < -0.3 is 25.0 Å². The number of hydrogen-bond donors (Lipinski definition) is 2. The molecule has 2 N–H and O–H groups in total. The van der Waals surface area contributed by atoms with Crippen LogP contribution in [0, 0.1) is 11.8 Å². The summed E-state index contributed by atoms with van der Waals surface area (Å²) in [7, 11) is 0. The normalized spacial score (nSPS) is 22.1. The Morgan fingerprint density at radius 1 is 0.857 bits per heavy atom. The van der Waals surface area contributed by atoms with E-state index >= 15 is 0 Å². The molecule has 2 atom stereocenters. The Kier molecular flexibility index (Phi) is 12.6. The summed E-state index contributed by atoms with van der Waals surface area (Å²) in [6.45, 7) is 4.15. The molecular weight excluding hydrogens is 752 g/mol. The standard InChI is InChI=1S/C38H50Br2N4O5/c39-31-22-28(23-32(40)36(31)46)24-34(37(47)43-20-18-42(19-21-43)30-7-2-1-3-8-30)49-38(48)44-16-14-26(15-17-44)10-11-27-12-13-29-6-4-5-9-33(29)41-35(45)25-27/h4-6,9,22-23,26-27,30,34,46H,1-3,7-8,10-21,24-25H2,(H,41,45)/t27?,34-/m1/s1. The number of phenols is 1.